The van der Waals surface area contributed by atoms with Gasteiger partial charge in [0.25, 0.3) is 0 Å². The third-order valence-electron chi connectivity index (χ3n) is 2.41. The monoisotopic (exact) mass is 274 g/mol. The Kier molecular flexibility index (Phi) is 4.84. The molecular formula is C12H15FO4S. The summed E-state index contributed by atoms with van der Waals surface area (Å²) >= 11 is 0. The molecule has 100 valence electrons. The molecule has 1 aromatic rings. The smallest absolute Gasteiger partial charge is 0.307 e. The number of ether oxygens (including phenoxy) is 1. The van der Waals surface area contributed by atoms with Gasteiger partial charge in [0.1, 0.15) is 5.82 Å². The van der Waals surface area contributed by atoms with Crippen LogP contribution in [0.1, 0.15) is 20.3 Å². The predicted octanol–water partition coefficient (Wildman–Crippen LogP) is 1.94. The van der Waals surface area contributed by atoms with Gasteiger partial charge in [-0.2, -0.15) is 0 Å². The number of carbonyl (C=O) groups excluding carboxylic acids is 1. The first-order chi connectivity index (χ1) is 8.37. The molecule has 0 amide bonds. The van der Waals surface area contributed by atoms with Crippen molar-refractivity contribution in [1.82, 2.24) is 0 Å². The Bertz CT molecular complexity index is 525. The van der Waals surface area contributed by atoms with Crippen LogP contribution in [-0.2, 0) is 19.4 Å². The van der Waals surface area contributed by atoms with Crippen LogP contribution in [0.3, 0.4) is 0 Å². The Morgan fingerprint density at radius 3 is 2.67 bits per heavy atom. The number of carbonyl (C=O) groups is 1. The van der Waals surface area contributed by atoms with Gasteiger partial charge in [-0.1, -0.05) is 6.07 Å². The highest BCUT2D eigenvalue weighted by atomic mass is 32.2. The molecule has 18 heavy (non-hydrogen) atoms. The molecule has 0 N–H and O–H groups in total. The summed E-state index contributed by atoms with van der Waals surface area (Å²) in [7, 11) is -3.72. The quantitative estimate of drug-likeness (QED) is 0.770. The summed E-state index contributed by atoms with van der Waals surface area (Å²) in [5, 5.41) is -0.946. The van der Waals surface area contributed by atoms with E-state index in [0.717, 1.165) is 12.1 Å². The van der Waals surface area contributed by atoms with Crippen LogP contribution >= 0.6 is 0 Å². The van der Waals surface area contributed by atoms with Gasteiger partial charge < -0.3 is 4.74 Å². The number of rotatable bonds is 5. The predicted molar refractivity (Wildman–Crippen MR) is 64.3 cm³/mol. The zero-order valence-electron chi connectivity index (χ0n) is 10.2. The molecule has 0 spiro atoms. The fourth-order valence-electron chi connectivity index (χ4n) is 1.44. The summed E-state index contributed by atoms with van der Waals surface area (Å²) in [6.07, 6.45) is -0.243. The van der Waals surface area contributed by atoms with Crippen molar-refractivity contribution in [2.45, 2.75) is 30.4 Å². The highest BCUT2D eigenvalue weighted by molar-refractivity contribution is 7.92. The van der Waals surface area contributed by atoms with Gasteiger partial charge in [0.2, 0.25) is 0 Å². The van der Waals surface area contributed by atoms with Crippen LogP contribution in [-0.4, -0.2) is 26.2 Å². The van der Waals surface area contributed by atoms with E-state index in [1.165, 1.54) is 19.1 Å². The molecule has 0 radical (unpaired) electrons. The topological polar surface area (TPSA) is 60.4 Å². The van der Waals surface area contributed by atoms with Crippen LogP contribution in [0.15, 0.2) is 29.2 Å². The minimum Gasteiger partial charge on any atom is -0.466 e. The molecule has 1 unspecified atom stereocenters. The second kappa shape index (κ2) is 5.95. The molecule has 0 bridgehead atoms. The fraction of sp³-hybridized carbons (Fsp3) is 0.417. The summed E-state index contributed by atoms with van der Waals surface area (Å²) in [6.45, 7) is 3.24. The van der Waals surface area contributed by atoms with Crippen molar-refractivity contribution in [3.63, 3.8) is 0 Å². The van der Waals surface area contributed by atoms with Crippen molar-refractivity contribution in [3.05, 3.63) is 30.1 Å². The van der Waals surface area contributed by atoms with Crippen molar-refractivity contribution < 1.29 is 22.3 Å². The molecule has 0 aliphatic rings. The van der Waals surface area contributed by atoms with Crippen molar-refractivity contribution >= 4 is 15.8 Å². The lowest BCUT2D eigenvalue weighted by molar-refractivity contribution is -0.143. The molecular weight excluding hydrogens is 259 g/mol. The lowest BCUT2D eigenvalue weighted by Gasteiger charge is -2.12. The summed E-state index contributed by atoms with van der Waals surface area (Å²) in [5.41, 5.74) is 0. The van der Waals surface area contributed by atoms with Crippen LogP contribution in [0.2, 0.25) is 0 Å². The number of benzene rings is 1. The summed E-state index contributed by atoms with van der Waals surface area (Å²) in [4.78, 5) is 11.1. The van der Waals surface area contributed by atoms with Crippen molar-refractivity contribution in [1.29, 1.82) is 0 Å². The van der Waals surface area contributed by atoms with E-state index in [0.29, 0.717) is 0 Å². The lowest BCUT2D eigenvalue weighted by Crippen LogP contribution is -2.22. The number of sulfone groups is 1. The minimum absolute atomic E-state index is 0.126. The Morgan fingerprint density at radius 2 is 2.11 bits per heavy atom. The average molecular weight is 274 g/mol. The molecule has 0 saturated heterocycles. The zero-order valence-corrected chi connectivity index (χ0v) is 11.0. The molecule has 0 aliphatic heterocycles. The first-order valence-electron chi connectivity index (χ1n) is 5.53. The minimum atomic E-state index is -3.72. The largest absolute Gasteiger partial charge is 0.466 e. The zero-order chi connectivity index (χ0) is 13.8. The van der Waals surface area contributed by atoms with Crippen LogP contribution in [0, 0.1) is 5.82 Å². The van der Waals surface area contributed by atoms with Gasteiger partial charge in [-0.25, -0.2) is 12.8 Å². The third-order valence-corrected chi connectivity index (χ3v) is 4.55. The van der Waals surface area contributed by atoms with Gasteiger partial charge in [-0.15, -0.1) is 0 Å². The molecule has 1 atom stereocenters. The van der Waals surface area contributed by atoms with E-state index in [-0.39, 0.29) is 17.9 Å². The molecule has 4 nitrogen and oxygen atoms in total. The van der Waals surface area contributed by atoms with Crippen LogP contribution < -0.4 is 0 Å². The summed E-state index contributed by atoms with van der Waals surface area (Å²) < 4.78 is 41.8. The summed E-state index contributed by atoms with van der Waals surface area (Å²) in [6, 6.07) is 4.73. The Balaban J connectivity index is 2.90. The summed E-state index contributed by atoms with van der Waals surface area (Å²) in [5.74, 6) is -1.20. The van der Waals surface area contributed by atoms with Gasteiger partial charge in [-0.05, 0) is 32.0 Å². The van der Waals surface area contributed by atoms with E-state index in [4.69, 9.17) is 0 Å². The van der Waals surface area contributed by atoms with E-state index in [1.807, 2.05) is 0 Å². The molecule has 0 heterocycles. The van der Waals surface area contributed by atoms with Gasteiger partial charge in [0.05, 0.1) is 23.2 Å². The molecule has 1 rings (SSSR count). The standard InChI is InChI=1S/C12H15FO4S/c1-3-17-12(14)7-9(2)18(15,16)11-6-4-5-10(13)8-11/h4-6,8-9H,3,7H2,1-2H3. The SMILES string of the molecule is CCOC(=O)CC(C)S(=O)(=O)c1cccc(F)c1. The maximum absolute atomic E-state index is 13.0. The Hall–Kier alpha value is -1.43. The van der Waals surface area contributed by atoms with Crippen molar-refractivity contribution in [2.24, 2.45) is 0 Å². The second-order valence-corrected chi connectivity index (χ2v) is 6.19. The highest BCUT2D eigenvalue weighted by Gasteiger charge is 2.26. The van der Waals surface area contributed by atoms with Crippen LogP contribution in [0.4, 0.5) is 4.39 Å². The van der Waals surface area contributed by atoms with Crippen molar-refractivity contribution in [3.8, 4) is 0 Å². The first kappa shape index (κ1) is 14.6. The van der Waals surface area contributed by atoms with E-state index in [9.17, 15) is 17.6 Å². The molecule has 6 heteroatoms. The highest BCUT2D eigenvalue weighted by Crippen LogP contribution is 2.19. The van der Waals surface area contributed by atoms with E-state index in [2.05, 4.69) is 4.74 Å². The van der Waals surface area contributed by atoms with Crippen LogP contribution in [0.5, 0.6) is 0 Å². The average Bonchev–Trinajstić information content (AvgIpc) is 2.29. The van der Waals surface area contributed by atoms with Gasteiger partial charge in [0.15, 0.2) is 9.84 Å². The molecule has 0 saturated carbocycles. The van der Waals surface area contributed by atoms with Crippen LogP contribution in [0.25, 0.3) is 0 Å². The van der Waals surface area contributed by atoms with Gasteiger partial charge >= 0.3 is 5.97 Å². The normalized spacial score (nSPS) is 13.1. The molecule has 0 aliphatic carbocycles. The fourth-order valence-corrected chi connectivity index (χ4v) is 2.81. The molecule has 1 aromatic carbocycles. The van der Waals surface area contributed by atoms with Crippen molar-refractivity contribution in [2.75, 3.05) is 6.61 Å². The maximum Gasteiger partial charge on any atom is 0.307 e. The number of halogens is 1. The maximum atomic E-state index is 13.0. The molecule has 0 aromatic heterocycles. The second-order valence-electron chi connectivity index (χ2n) is 3.82. The third kappa shape index (κ3) is 3.53. The van der Waals surface area contributed by atoms with E-state index >= 15 is 0 Å². The van der Waals surface area contributed by atoms with Gasteiger partial charge in [0, 0.05) is 0 Å². The van der Waals surface area contributed by atoms with E-state index < -0.39 is 26.9 Å². The van der Waals surface area contributed by atoms with Gasteiger partial charge in [-0.3, -0.25) is 4.79 Å². The van der Waals surface area contributed by atoms with E-state index in [1.54, 1.807) is 6.92 Å². The lowest BCUT2D eigenvalue weighted by atomic mass is 10.3. The number of esters is 1. The Labute approximate surface area is 106 Å². The Morgan fingerprint density at radius 1 is 1.44 bits per heavy atom. The molecule has 0 fully saturated rings. The number of hydrogen-bond acceptors (Lipinski definition) is 4. The first-order valence-corrected chi connectivity index (χ1v) is 7.07. The number of hydrogen-bond donors (Lipinski definition) is 0.